The van der Waals surface area contributed by atoms with E-state index in [2.05, 4.69) is 45.4 Å². The topological polar surface area (TPSA) is 35.6 Å². The molecule has 0 saturated carbocycles. The van der Waals surface area contributed by atoms with Crippen LogP contribution in [0.1, 0.15) is 11.1 Å². The zero-order valence-corrected chi connectivity index (χ0v) is 14.5. The lowest BCUT2D eigenvalue weighted by Crippen LogP contribution is -2.48. The van der Waals surface area contributed by atoms with Gasteiger partial charge in [-0.3, -0.25) is 9.69 Å². The van der Waals surface area contributed by atoms with E-state index in [1.54, 1.807) is 0 Å². The van der Waals surface area contributed by atoms with Crippen LogP contribution in [0.25, 0.3) is 0 Å². The van der Waals surface area contributed by atoms with Crippen molar-refractivity contribution in [3.05, 3.63) is 59.7 Å². The summed E-state index contributed by atoms with van der Waals surface area (Å²) >= 11 is 0. The molecule has 0 aliphatic carbocycles. The molecule has 4 nitrogen and oxygen atoms in total. The number of hydrogen-bond donors (Lipinski definition) is 1. The summed E-state index contributed by atoms with van der Waals surface area (Å²) < 4.78 is 0. The lowest BCUT2D eigenvalue weighted by Gasteiger charge is -2.35. The lowest BCUT2D eigenvalue weighted by atomic mass is 10.1. The molecule has 126 valence electrons. The Morgan fingerprint density at radius 3 is 2.21 bits per heavy atom. The molecular weight excluding hydrogens is 298 g/mol. The van der Waals surface area contributed by atoms with Crippen LogP contribution in [0, 0.1) is 13.8 Å². The van der Waals surface area contributed by atoms with Crippen LogP contribution in [0.5, 0.6) is 0 Å². The minimum Gasteiger partial charge on any atom is -0.369 e. The molecule has 0 spiro atoms. The van der Waals surface area contributed by atoms with Crippen molar-refractivity contribution >= 4 is 17.3 Å². The fraction of sp³-hybridized carbons (Fsp3) is 0.350. The molecule has 1 aliphatic heterocycles. The van der Waals surface area contributed by atoms with Gasteiger partial charge in [-0.25, -0.2) is 0 Å². The maximum atomic E-state index is 12.3. The van der Waals surface area contributed by atoms with Crippen LogP contribution >= 0.6 is 0 Å². The fourth-order valence-corrected chi connectivity index (χ4v) is 3.25. The highest BCUT2D eigenvalue weighted by atomic mass is 16.2. The van der Waals surface area contributed by atoms with E-state index in [9.17, 15) is 4.79 Å². The van der Waals surface area contributed by atoms with Crippen LogP contribution in [-0.4, -0.2) is 43.5 Å². The minimum atomic E-state index is 0.0631. The van der Waals surface area contributed by atoms with Crippen molar-refractivity contribution in [3.8, 4) is 0 Å². The van der Waals surface area contributed by atoms with Crippen LogP contribution in [0.4, 0.5) is 11.4 Å². The smallest absolute Gasteiger partial charge is 0.238 e. The number of anilines is 2. The normalized spacial score (nSPS) is 15.3. The lowest BCUT2D eigenvalue weighted by molar-refractivity contribution is -0.117. The van der Waals surface area contributed by atoms with Gasteiger partial charge < -0.3 is 10.2 Å². The van der Waals surface area contributed by atoms with Crippen LogP contribution in [0.3, 0.4) is 0 Å². The highest BCUT2D eigenvalue weighted by molar-refractivity contribution is 5.92. The van der Waals surface area contributed by atoms with Gasteiger partial charge in [-0.1, -0.05) is 24.3 Å². The standard InChI is InChI=1S/C20H25N3O/c1-16-12-17(2)14-18(13-16)21-20(24)15-22-8-10-23(11-9-22)19-6-4-3-5-7-19/h3-7,12-14H,8-11,15H2,1-2H3,(H,21,24). The van der Waals surface area contributed by atoms with E-state index in [1.807, 2.05) is 32.0 Å². The third kappa shape index (κ3) is 4.36. The molecule has 0 atom stereocenters. The van der Waals surface area contributed by atoms with Gasteiger partial charge >= 0.3 is 0 Å². The van der Waals surface area contributed by atoms with E-state index >= 15 is 0 Å². The van der Waals surface area contributed by atoms with Gasteiger partial charge in [-0.15, -0.1) is 0 Å². The molecule has 1 saturated heterocycles. The number of amides is 1. The predicted molar refractivity (Wildman–Crippen MR) is 99.6 cm³/mol. The Hall–Kier alpha value is -2.33. The Kier molecular flexibility index (Phi) is 5.16. The largest absolute Gasteiger partial charge is 0.369 e. The van der Waals surface area contributed by atoms with E-state index in [0.29, 0.717) is 6.54 Å². The number of rotatable bonds is 4. The monoisotopic (exact) mass is 323 g/mol. The number of carbonyl (C=O) groups is 1. The molecule has 24 heavy (non-hydrogen) atoms. The van der Waals surface area contributed by atoms with E-state index in [1.165, 1.54) is 16.8 Å². The van der Waals surface area contributed by atoms with Gasteiger partial charge in [-0.05, 0) is 49.2 Å². The van der Waals surface area contributed by atoms with Crippen LogP contribution < -0.4 is 10.2 Å². The van der Waals surface area contributed by atoms with E-state index in [-0.39, 0.29) is 5.91 Å². The van der Waals surface area contributed by atoms with Crippen molar-refractivity contribution in [2.24, 2.45) is 0 Å². The molecule has 0 radical (unpaired) electrons. The third-order valence-electron chi connectivity index (χ3n) is 4.37. The molecule has 4 heteroatoms. The molecule has 1 aliphatic rings. The minimum absolute atomic E-state index is 0.0631. The van der Waals surface area contributed by atoms with Crippen LogP contribution in [0.15, 0.2) is 48.5 Å². The number of para-hydroxylation sites is 1. The first-order chi connectivity index (χ1) is 11.6. The quantitative estimate of drug-likeness (QED) is 0.939. The summed E-state index contributed by atoms with van der Waals surface area (Å²) in [6.07, 6.45) is 0. The van der Waals surface area contributed by atoms with Gasteiger partial charge in [0, 0.05) is 37.6 Å². The maximum absolute atomic E-state index is 12.3. The van der Waals surface area contributed by atoms with Gasteiger partial charge in [0.25, 0.3) is 0 Å². The second-order valence-corrected chi connectivity index (χ2v) is 6.52. The second-order valence-electron chi connectivity index (χ2n) is 6.52. The number of nitrogens with zero attached hydrogens (tertiary/aromatic N) is 2. The summed E-state index contributed by atoms with van der Waals surface area (Å²) in [6, 6.07) is 16.6. The Morgan fingerprint density at radius 1 is 0.958 bits per heavy atom. The molecule has 1 heterocycles. The Labute approximate surface area is 144 Å². The van der Waals surface area contributed by atoms with Crippen LogP contribution in [-0.2, 0) is 4.79 Å². The molecule has 3 rings (SSSR count). The van der Waals surface area contributed by atoms with Crippen molar-refractivity contribution in [1.29, 1.82) is 0 Å². The van der Waals surface area contributed by atoms with Crippen molar-refractivity contribution in [1.82, 2.24) is 4.90 Å². The van der Waals surface area contributed by atoms with Gasteiger partial charge in [0.05, 0.1) is 6.54 Å². The Balaban J connectivity index is 1.50. The first-order valence-electron chi connectivity index (χ1n) is 8.51. The molecule has 2 aromatic rings. The molecule has 0 unspecified atom stereocenters. The van der Waals surface area contributed by atoms with Gasteiger partial charge in [0.2, 0.25) is 5.91 Å². The van der Waals surface area contributed by atoms with E-state index in [0.717, 1.165) is 31.9 Å². The zero-order chi connectivity index (χ0) is 16.9. The number of hydrogen-bond acceptors (Lipinski definition) is 3. The van der Waals surface area contributed by atoms with Crippen molar-refractivity contribution in [2.45, 2.75) is 13.8 Å². The molecule has 1 N–H and O–H groups in total. The number of benzene rings is 2. The number of aryl methyl sites for hydroxylation is 2. The summed E-state index contributed by atoms with van der Waals surface area (Å²) in [5, 5.41) is 3.02. The highest BCUT2D eigenvalue weighted by Gasteiger charge is 2.19. The molecule has 2 aromatic carbocycles. The van der Waals surface area contributed by atoms with Gasteiger partial charge in [0.1, 0.15) is 0 Å². The average Bonchev–Trinajstić information content (AvgIpc) is 2.55. The average molecular weight is 323 g/mol. The number of nitrogens with one attached hydrogen (secondary N) is 1. The molecule has 0 bridgehead atoms. The second kappa shape index (κ2) is 7.49. The predicted octanol–water partition coefficient (Wildman–Crippen LogP) is 3.06. The van der Waals surface area contributed by atoms with Gasteiger partial charge in [0.15, 0.2) is 0 Å². The first-order valence-corrected chi connectivity index (χ1v) is 8.51. The number of carbonyl (C=O) groups excluding carboxylic acids is 1. The molecule has 0 aromatic heterocycles. The van der Waals surface area contributed by atoms with Gasteiger partial charge in [-0.2, -0.15) is 0 Å². The van der Waals surface area contributed by atoms with E-state index < -0.39 is 0 Å². The summed E-state index contributed by atoms with van der Waals surface area (Å²) in [7, 11) is 0. The summed E-state index contributed by atoms with van der Waals surface area (Å²) in [5.74, 6) is 0.0631. The SMILES string of the molecule is Cc1cc(C)cc(NC(=O)CN2CCN(c3ccccc3)CC2)c1. The molecular formula is C20H25N3O. The van der Waals surface area contributed by atoms with Crippen molar-refractivity contribution < 1.29 is 4.79 Å². The highest BCUT2D eigenvalue weighted by Crippen LogP contribution is 2.16. The summed E-state index contributed by atoms with van der Waals surface area (Å²) in [4.78, 5) is 16.9. The maximum Gasteiger partial charge on any atom is 0.238 e. The van der Waals surface area contributed by atoms with Crippen molar-refractivity contribution in [3.63, 3.8) is 0 Å². The third-order valence-corrected chi connectivity index (χ3v) is 4.37. The van der Waals surface area contributed by atoms with Crippen LogP contribution in [0.2, 0.25) is 0 Å². The van der Waals surface area contributed by atoms with Crippen molar-refractivity contribution in [2.75, 3.05) is 42.9 Å². The van der Waals surface area contributed by atoms with E-state index in [4.69, 9.17) is 0 Å². The molecule has 1 amide bonds. The first kappa shape index (κ1) is 16.5. The summed E-state index contributed by atoms with van der Waals surface area (Å²) in [6.45, 7) is 8.29. The Morgan fingerprint density at radius 2 is 1.58 bits per heavy atom. The number of piperazine rings is 1. The summed E-state index contributed by atoms with van der Waals surface area (Å²) in [5.41, 5.74) is 4.49. The Bertz CT molecular complexity index is 671. The molecule has 1 fully saturated rings. The zero-order valence-electron chi connectivity index (χ0n) is 14.5. The fourth-order valence-electron chi connectivity index (χ4n) is 3.25.